The molecule has 1 N–H and O–H groups in total. The van der Waals surface area contributed by atoms with Crippen molar-refractivity contribution in [2.45, 2.75) is 26.2 Å². The maximum atomic E-state index is 10.8. The fourth-order valence-corrected chi connectivity index (χ4v) is 2.60. The Bertz CT molecular complexity index is 532. The molecule has 0 aliphatic carbocycles. The van der Waals surface area contributed by atoms with Gasteiger partial charge in [-0.15, -0.1) is 0 Å². The minimum atomic E-state index is -0.787. The summed E-state index contributed by atoms with van der Waals surface area (Å²) in [5, 5.41) is 19.6. The van der Waals surface area contributed by atoms with Crippen molar-refractivity contribution in [1.82, 2.24) is 4.98 Å². The number of carbonyl (C=O) groups is 1. The minimum Gasteiger partial charge on any atom is -0.481 e. The molecule has 1 atom stereocenters. The Morgan fingerprint density at radius 3 is 2.95 bits per heavy atom. The van der Waals surface area contributed by atoms with Crippen molar-refractivity contribution < 1.29 is 14.8 Å². The van der Waals surface area contributed by atoms with Gasteiger partial charge in [-0.25, -0.2) is 4.98 Å². The maximum absolute atomic E-state index is 10.8. The van der Waals surface area contributed by atoms with Crippen LogP contribution in [-0.2, 0) is 4.79 Å². The lowest BCUT2D eigenvalue weighted by Gasteiger charge is -2.33. The van der Waals surface area contributed by atoms with Crippen LogP contribution in [0.4, 0.5) is 11.5 Å². The largest absolute Gasteiger partial charge is 0.481 e. The van der Waals surface area contributed by atoms with E-state index in [1.807, 2.05) is 4.90 Å². The molecule has 2 heterocycles. The smallest absolute Gasteiger partial charge is 0.303 e. The molecule has 1 aromatic heterocycles. The van der Waals surface area contributed by atoms with Gasteiger partial charge in [-0.1, -0.05) is 0 Å². The fourth-order valence-electron chi connectivity index (χ4n) is 2.60. The predicted molar refractivity (Wildman–Crippen MR) is 72.8 cm³/mol. The summed E-state index contributed by atoms with van der Waals surface area (Å²) in [5.74, 6) is 0.00595. The first-order chi connectivity index (χ1) is 9.47. The maximum Gasteiger partial charge on any atom is 0.303 e. The summed E-state index contributed by atoms with van der Waals surface area (Å²) in [7, 11) is 0. The quantitative estimate of drug-likeness (QED) is 0.668. The van der Waals surface area contributed by atoms with Crippen molar-refractivity contribution in [2.24, 2.45) is 5.92 Å². The number of nitro groups is 1. The molecule has 1 aromatic rings. The van der Waals surface area contributed by atoms with Gasteiger partial charge in [0.1, 0.15) is 11.5 Å². The standard InChI is InChI=1S/C13H17N3O4/c1-9-11(16(19)20)4-5-12(14-9)15-6-2-3-10(8-15)7-13(17)18/h4-5,10H,2-3,6-8H2,1H3,(H,17,18). The van der Waals surface area contributed by atoms with E-state index < -0.39 is 10.9 Å². The zero-order valence-corrected chi connectivity index (χ0v) is 11.3. The van der Waals surface area contributed by atoms with Crippen molar-refractivity contribution >= 4 is 17.5 Å². The van der Waals surface area contributed by atoms with Gasteiger partial charge in [-0.2, -0.15) is 0 Å². The Hall–Kier alpha value is -2.18. The molecule has 7 heteroatoms. The van der Waals surface area contributed by atoms with Gasteiger partial charge in [0.05, 0.1) is 4.92 Å². The summed E-state index contributed by atoms with van der Waals surface area (Å²) in [5.41, 5.74) is 0.390. The Kier molecular flexibility index (Phi) is 4.16. The number of anilines is 1. The number of aromatic nitrogens is 1. The van der Waals surface area contributed by atoms with Crippen molar-refractivity contribution in [1.29, 1.82) is 0 Å². The van der Waals surface area contributed by atoms with E-state index in [9.17, 15) is 14.9 Å². The zero-order valence-electron chi connectivity index (χ0n) is 11.3. The molecule has 20 heavy (non-hydrogen) atoms. The molecule has 1 unspecified atom stereocenters. The van der Waals surface area contributed by atoms with Crippen LogP contribution in [-0.4, -0.2) is 34.1 Å². The van der Waals surface area contributed by atoms with E-state index in [0.29, 0.717) is 18.1 Å². The molecule has 2 rings (SSSR count). The predicted octanol–water partition coefficient (Wildman–Crippen LogP) is 1.99. The summed E-state index contributed by atoms with van der Waals surface area (Å²) in [4.78, 5) is 27.4. The van der Waals surface area contributed by atoms with E-state index in [-0.39, 0.29) is 18.0 Å². The summed E-state index contributed by atoms with van der Waals surface area (Å²) in [6.45, 7) is 3.05. The Balaban J connectivity index is 2.13. The fraction of sp³-hybridized carbons (Fsp3) is 0.538. The van der Waals surface area contributed by atoms with Crippen molar-refractivity contribution in [3.05, 3.63) is 27.9 Å². The number of hydrogen-bond donors (Lipinski definition) is 1. The first-order valence-electron chi connectivity index (χ1n) is 6.56. The van der Waals surface area contributed by atoms with E-state index in [1.165, 1.54) is 6.07 Å². The zero-order chi connectivity index (χ0) is 14.7. The van der Waals surface area contributed by atoms with Gasteiger partial charge in [0, 0.05) is 25.6 Å². The number of aryl methyl sites for hydroxylation is 1. The average Bonchev–Trinajstić information content (AvgIpc) is 2.37. The van der Waals surface area contributed by atoms with Gasteiger partial charge < -0.3 is 10.0 Å². The van der Waals surface area contributed by atoms with E-state index in [2.05, 4.69) is 4.98 Å². The second-order valence-electron chi connectivity index (χ2n) is 5.08. The van der Waals surface area contributed by atoms with E-state index in [1.54, 1.807) is 13.0 Å². The molecular weight excluding hydrogens is 262 g/mol. The molecule has 1 fully saturated rings. The van der Waals surface area contributed by atoms with Crippen molar-refractivity contribution in [2.75, 3.05) is 18.0 Å². The molecule has 108 valence electrons. The van der Waals surface area contributed by atoms with Crippen molar-refractivity contribution in [3.63, 3.8) is 0 Å². The van der Waals surface area contributed by atoms with Gasteiger partial charge in [0.25, 0.3) is 5.69 Å². The molecule has 0 amide bonds. The number of aliphatic carboxylic acids is 1. The van der Waals surface area contributed by atoms with Crippen LogP contribution >= 0.6 is 0 Å². The lowest BCUT2D eigenvalue weighted by atomic mass is 9.95. The summed E-state index contributed by atoms with van der Waals surface area (Å²) < 4.78 is 0. The molecule has 7 nitrogen and oxygen atoms in total. The van der Waals surface area contributed by atoms with Gasteiger partial charge >= 0.3 is 5.97 Å². The monoisotopic (exact) mass is 279 g/mol. The van der Waals surface area contributed by atoms with Crippen LogP contribution in [0, 0.1) is 23.0 Å². The van der Waals surface area contributed by atoms with Crippen LogP contribution in [0.1, 0.15) is 25.0 Å². The normalized spacial score (nSPS) is 18.9. The number of piperidine rings is 1. The number of pyridine rings is 1. The van der Waals surface area contributed by atoms with E-state index >= 15 is 0 Å². The van der Waals surface area contributed by atoms with Crippen LogP contribution in [0.5, 0.6) is 0 Å². The third-order valence-electron chi connectivity index (χ3n) is 3.55. The SMILES string of the molecule is Cc1nc(N2CCCC(CC(=O)O)C2)ccc1[N+](=O)[O-]. The molecule has 0 aromatic carbocycles. The molecule has 1 aliphatic rings. The highest BCUT2D eigenvalue weighted by Gasteiger charge is 2.24. The highest BCUT2D eigenvalue weighted by atomic mass is 16.6. The number of nitrogens with zero attached hydrogens (tertiary/aromatic N) is 3. The molecule has 0 spiro atoms. The molecule has 1 saturated heterocycles. The number of carboxylic acids is 1. The number of hydrogen-bond acceptors (Lipinski definition) is 5. The highest BCUT2D eigenvalue weighted by molar-refractivity contribution is 5.67. The van der Waals surface area contributed by atoms with Gasteiger partial charge in [0.15, 0.2) is 0 Å². The van der Waals surface area contributed by atoms with Gasteiger partial charge in [-0.3, -0.25) is 14.9 Å². The molecular formula is C13H17N3O4. The Morgan fingerprint density at radius 2 is 2.35 bits per heavy atom. The first kappa shape index (κ1) is 14.2. The third-order valence-corrected chi connectivity index (χ3v) is 3.55. The van der Waals surface area contributed by atoms with Crippen LogP contribution in [0.2, 0.25) is 0 Å². The van der Waals surface area contributed by atoms with Gasteiger partial charge in [0.2, 0.25) is 0 Å². The molecule has 1 aliphatic heterocycles. The third kappa shape index (κ3) is 3.23. The van der Waals surface area contributed by atoms with Gasteiger partial charge in [-0.05, 0) is 31.7 Å². The lowest BCUT2D eigenvalue weighted by Crippen LogP contribution is -2.36. The lowest BCUT2D eigenvalue weighted by molar-refractivity contribution is -0.385. The Labute approximate surface area is 116 Å². The Morgan fingerprint density at radius 1 is 1.60 bits per heavy atom. The van der Waals surface area contributed by atoms with E-state index in [0.717, 1.165) is 19.4 Å². The number of rotatable bonds is 4. The summed E-state index contributed by atoms with van der Waals surface area (Å²) in [6.07, 6.45) is 1.97. The van der Waals surface area contributed by atoms with Crippen LogP contribution in [0.15, 0.2) is 12.1 Å². The summed E-state index contributed by atoms with van der Waals surface area (Å²) in [6, 6.07) is 3.09. The second-order valence-corrected chi connectivity index (χ2v) is 5.08. The highest BCUT2D eigenvalue weighted by Crippen LogP contribution is 2.26. The average molecular weight is 279 g/mol. The van der Waals surface area contributed by atoms with Crippen LogP contribution in [0.3, 0.4) is 0 Å². The van der Waals surface area contributed by atoms with Crippen molar-refractivity contribution in [3.8, 4) is 0 Å². The first-order valence-corrected chi connectivity index (χ1v) is 6.56. The second kappa shape index (κ2) is 5.85. The van der Waals surface area contributed by atoms with E-state index in [4.69, 9.17) is 5.11 Å². The topological polar surface area (TPSA) is 96.6 Å². The molecule has 0 saturated carbocycles. The van der Waals surface area contributed by atoms with Crippen LogP contribution < -0.4 is 4.90 Å². The summed E-state index contributed by atoms with van der Waals surface area (Å²) >= 11 is 0. The number of carboxylic acid groups (broad SMARTS) is 1. The molecule has 0 radical (unpaired) electrons. The van der Waals surface area contributed by atoms with Crippen LogP contribution in [0.25, 0.3) is 0 Å². The minimum absolute atomic E-state index is 0.00726. The molecule has 0 bridgehead atoms.